The van der Waals surface area contributed by atoms with Gasteiger partial charge in [-0.1, -0.05) is 38.8 Å². The highest BCUT2D eigenvalue weighted by Gasteiger charge is 2.70. The summed E-state index contributed by atoms with van der Waals surface area (Å²) in [6, 6.07) is 0. The van der Waals surface area contributed by atoms with E-state index in [1.165, 1.54) is 0 Å². The number of Topliss-reactive ketones (excluding diaryl/α,β-unsaturated/α-hetero) is 2. The van der Waals surface area contributed by atoms with Gasteiger partial charge in [0.1, 0.15) is 17.6 Å². The lowest BCUT2D eigenvalue weighted by atomic mass is 9.45. The molecule has 12 heteroatoms. The normalized spacial score (nSPS) is 47.2. The van der Waals surface area contributed by atoms with Crippen molar-refractivity contribution in [3.63, 3.8) is 0 Å². The van der Waals surface area contributed by atoms with Gasteiger partial charge in [-0.3, -0.25) is 28.8 Å². The smallest absolute Gasteiger partial charge is 0.317 e. The van der Waals surface area contributed by atoms with E-state index in [-0.39, 0.29) is 83.6 Å². The van der Waals surface area contributed by atoms with Crippen LogP contribution in [0.2, 0.25) is 0 Å². The van der Waals surface area contributed by atoms with Gasteiger partial charge in [0.15, 0.2) is 24.8 Å². The molecule has 0 aromatic rings. The van der Waals surface area contributed by atoms with Crippen LogP contribution in [-0.4, -0.2) is 92.1 Å². The minimum Gasteiger partial charge on any atom is -0.457 e. The maximum absolute atomic E-state index is 13.7. The Balaban J connectivity index is 0.853. The van der Waals surface area contributed by atoms with E-state index in [9.17, 15) is 49.2 Å². The lowest BCUT2D eigenvalue weighted by Gasteiger charge is -2.60. The molecule has 4 N–H and O–H groups in total. The maximum Gasteiger partial charge on any atom is 0.317 e. The summed E-state index contributed by atoms with van der Waals surface area (Å²) >= 11 is 0. The molecule has 14 atom stereocenters. The summed E-state index contributed by atoms with van der Waals surface area (Å²) < 4.78 is 10.4. The molecule has 0 aromatic carbocycles. The van der Waals surface area contributed by atoms with Gasteiger partial charge in [0.25, 0.3) is 0 Å². The van der Waals surface area contributed by atoms with E-state index < -0.39 is 77.4 Å². The third-order valence-electron chi connectivity index (χ3n) is 18.0. The second-order valence-electron chi connectivity index (χ2n) is 20.3. The van der Waals surface area contributed by atoms with Crippen LogP contribution in [0.5, 0.6) is 0 Å². The van der Waals surface area contributed by atoms with Gasteiger partial charge in [0.2, 0.25) is 11.6 Å². The zero-order valence-corrected chi connectivity index (χ0v) is 33.8. The monoisotopic (exact) mass is 792 g/mol. The molecule has 0 bridgehead atoms. The number of ether oxygens (including phenoxy) is 2. The van der Waals surface area contributed by atoms with Crippen LogP contribution in [0.3, 0.4) is 0 Å². The predicted molar refractivity (Wildman–Crippen MR) is 203 cm³/mol. The molecular weight excluding hydrogens is 732 g/mol. The van der Waals surface area contributed by atoms with Crippen molar-refractivity contribution in [2.75, 3.05) is 13.2 Å². The number of rotatable bonds is 8. The summed E-state index contributed by atoms with van der Waals surface area (Å²) in [6.45, 7) is 6.41. The van der Waals surface area contributed by atoms with Crippen LogP contribution in [0, 0.1) is 57.2 Å². The minimum atomic E-state index is -1.85. The summed E-state index contributed by atoms with van der Waals surface area (Å²) in [5.74, 6) is -3.44. The van der Waals surface area contributed by atoms with E-state index in [2.05, 4.69) is 13.8 Å². The molecule has 12 nitrogen and oxygen atoms in total. The number of carbonyl (C=O) groups is 6. The molecule has 0 aliphatic heterocycles. The van der Waals surface area contributed by atoms with Crippen molar-refractivity contribution in [1.29, 1.82) is 0 Å². The summed E-state index contributed by atoms with van der Waals surface area (Å²) in [4.78, 5) is 77.4. The second-order valence-corrected chi connectivity index (χ2v) is 20.3. The van der Waals surface area contributed by atoms with E-state index in [1.54, 1.807) is 12.2 Å². The molecule has 0 aromatic heterocycles. The number of esters is 2. The molecule has 0 saturated heterocycles. The Morgan fingerprint density at radius 2 is 1.00 bits per heavy atom. The highest BCUT2D eigenvalue weighted by molar-refractivity contribution is 5.96. The molecule has 0 unspecified atom stereocenters. The Bertz CT molecular complexity index is 1720. The molecule has 6 fully saturated rings. The van der Waals surface area contributed by atoms with Crippen molar-refractivity contribution in [2.45, 2.75) is 147 Å². The van der Waals surface area contributed by atoms with Gasteiger partial charge < -0.3 is 29.9 Å². The Morgan fingerprint density at radius 3 is 1.39 bits per heavy atom. The number of hydrogen-bond acceptors (Lipinski definition) is 12. The van der Waals surface area contributed by atoms with Crippen LogP contribution in [0.4, 0.5) is 0 Å². The van der Waals surface area contributed by atoms with Crippen molar-refractivity contribution in [1.82, 2.24) is 0 Å². The van der Waals surface area contributed by atoms with Crippen LogP contribution in [0.25, 0.3) is 0 Å². The number of hydrogen-bond donors (Lipinski definition) is 4. The van der Waals surface area contributed by atoms with Crippen LogP contribution >= 0.6 is 0 Å². The lowest BCUT2D eigenvalue weighted by molar-refractivity contribution is -0.186. The molecule has 312 valence electrons. The second kappa shape index (κ2) is 13.7. The largest absolute Gasteiger partial charge is 0.457 e. The molecule has 8 aliphatic carbocycles. The first-order valence-corrected chi connectivity index (χ1v) is 21.4. The van der Waals surface area contributed by atoms with Crippen molar-refractivity contribution in [3.05, 3.63) is 23.3 Å². The Hall–Kier alpha value is -3.06. The standard InChI is InChI=1S/C45H60O12/c1-40-13-9-26(46)17-24(40)5-7-28-30-11-15-44(54,42(30,3)20-32(48)38(28)40)34(50)22-56-36(52)19-37(53)57-23-35(51)45(55)16-12-31-29-8-6-25-18-27(47)10-14-41(25,2)39(29)33(49)21-43(31,45)4/h17-18,28-33,38-39,48-49,54-55H,5-16,19-23H2,1-4H3/t28-,29+,30-,31+,32-,33+,38+,39-,40-,41+,42-,43+,44-,45+. The fourth-order valence-corrected chi connectivity index (χ4v) is 15.1. The Kier molecular flexibility index (Phi) is 9.82. The number of carbonyl (C=O) groups excluding carboxylic acids is 6. The van der Waals surface area contributed by atoms with Crippen LogP contribution < -0.4 is 0 Å². The summed E-state index contributed by atoms with van der Waals surface area (Å²) in [5, 5.41) is 47.3. The van der Waals surface area contributed by atoms with Crippen molar-refractivity contribution in [2.24, 2.45) is 57.2 Å². The molecule has 57 heavy (non-hydrogen) atoms. The molecule has 8 rings (SSSR count). The third-order valence-corrected chi connectivity index (χ3v) is 18.0. The Morgan fingerprint density at radius 1 is 0.614 bits per heavy atom. The number of fused-ring (bicyclic) bond motifs is 10. The predicted octanol–water partition coefficient (Wildman–Crippen LogP) is 4.07. The van der Waals surface area contributed by atoms with Gasteiger partial charge in [0.05, 0.1) is 12.2 Å². The van der Waals surface area contributed by atoms with Crippen LogP contribution in [0.1, 0.15) is 124 Å². The molecule has 0 radical (unpaired) electrons. The highest BCUT2D eigenvalue weighted by atomic mass is 16.6. The van der Waals surface area contributed by atoms with Gasteiger partial charge in [-0.2, -0.15) is 0 Å². The average molecular weight is 793 g/mol. The van der Waals surface area contributed by atoms with Gasteiger partial charge >= 0.3 is 11.9 Å². The van der Waals surface area contributed by atoms with E-state index in [1.807, 2.05) is 13.8 Å². The van der Waals surface area contributed by atoms with Crippen LogP contribution in [-0.2, 0) is 38.2 Å². The van der Waals surface area contributed by atoms with E-state index >= 15 is 0 Å². The molecule has 0 spiro atoms. The first-order valence-electron chi connectivity index (χ1n) is 21.4. The molecular formula is C45H60O12. The number of aliphatic hydroxyl groups excluding tert-OH is 2. The molecule has 6 saturated carbocycles. The zero-order valence-electron chi connectivity index (χ0n) is 33.8. The molecule has 0 heterocycles. The first kappa shape index (κ1) is 40.7. The number of aliphatic hydroxyl groups is 4. The van der Waals surface area contributed by atoms with Gasteiger partial charge in [-0.25, -0.2) is 0 Å². The third kappa shape index (κ3) is 5.87. The SMILES string of the molecule is C[C@]12CCC(=O)C=C1CC[C@@H]1[C@@H]2[C@@H](O)C[C@@]2(C)[C@H]1CC[C@]2(O)C(=O)COC(=O)CC(=O)OCC(=O)[C@]1(O)CC[C@@H]2[C@H]3CCC4=CC(=O)CC[C@@]4(C)[C@@H]3[C@H](O)C[C@]21C. The average Bonchev–Trinajstić information content (AvgIpc) is 3.58. The first-order chi connectivity index (χ1) is 26.7. The number of ketones is 4. The van der Waals surface area contributed by atoms with Gasteiger partial charge in [-0.05, 0) is 136 Å². The van der Waals surface area contributed by atoms with Gasteiger partial charge in [0, 0.05) is 23.7 Å². The summed E-state index contributed by atoms with van der Waals surface area (Å²) in [7, 11) is 0. The minimum absolute atomic E-state index is 0.0515. The van der Waals surface area contributed by atoms with Crippen molar-refractivity contribution >= 4 is 35.1 Å². The fourth-order valence-electron chi connectivity index (χ4n) is 15.1. The van der Waals surface area contributed by atoms with Crippen LogP contribution in [0.15, 0.2) is 23.3 Å². The van der Waals surface area contributed by atoms with E-state index in [4.69, 9.17) is 9.47 Å². The van der Waals surface area contributed by atoms with E-state index in [0.717, 1.165) is 36.8 Å². The number of allylic oxidation sites excluding steroid dienone is 2. The molecule has 8 aliphatic rings. The van der Waals surface area contributed by atoms with Crippen molar-refractivity contribution in [3.8, 4) is 0 Å². The van der Waals surface area contributed by atoms with Crippen molar-refractivity contribution < 1.29 is 58.7 Å². The summed E-state index contributed by atoms with van der Waals surface area (Å²) in [6.07, 6.45) is 8.08. The zero-order chi connectivity index (χ0) is 41.1. The highest BCUT2D eigenvalue weighted by Crippen LogP contribution is 2.69. The van der Waals surface area contributed by atoms with E-state index in [0.29, 0.717) is 38.5 Å². The lowest BCUT2D eigenvalue weighted by Crippen LogP contribution is -2.62. The fraction of sp³-hybridized carbons (Fsp3) is 0.778. The summed E-state index contributed by atoms with van der Waals surface area (Å²) in [5.41, 5.74) is -4.08. The topological polar surface area (TPSA) is 202 Å². The maximum atomic E-state index is 13.7. The Labute approximate surface area is 334 Å². The van der Waals surface area contributed by atoms with Gasteiger partial charge in [-0.15, -0.1) is 0 Å². The molecule has 0 amide bonds. The quantitative estimate of drug-likeness (QED) is 0.203.